The van der Waals surface area contributed by atoms with E-state index in [1.165, 1.54) is 25.7 Å². The van der Waals surface area contributed by atoms with Crippen molar-refractivity contribution in [2.24, 2.45) is 59.2 Å². The number of ether oxygens (including phenoxy) is 2. The Bertz CT molecular complexity index is 693. The maximum atomic E-state index is 13.5. The zero-order valence-electron chi connectivity index (χ0n) is 18.7. The molecule has 11 atom stereocenters. The van der Waals surface area contributed by atoms with Crippen LogP contribution in [-0.4, -0.2) is 23.6 Å². The standard InChI is InChI=1S/C25H38O4/c1-12-13(2)18-11-17(12)21(22(18)24(27)29-25(3,4)5)23(26)28-20-10-14-9-19(20)16-8-6-7-15(14)16/h12-22H,6-11H2,1-5H3. The minimum absolute atomic E-state index is 0.0954. The number of hydrogen-bond donors (Lipinski definition) is 0. The molecule has 5 aliphatic carbocycles. The van der Waals surface area contributed by atoms with Crippen LogP contribution in [0, 0.1) is 59.2 Å². The highest BCUT2D eigenvalue weighted by molar-refractivity contribution is 5.84. The molecular weight excluding hydrogens is 364 g/mol. The number of carbonyl (C=O) groups excluding carboxylic acids is 2. The normalized spacial score (nSPS) is 50.0. The van der Waals surface area contributed by atoms with Crippen molar-refractivity contribution < 1.29 is 19.1 Å². The van der Waals surface area contributed by atoms with E-state index in [9.17, 15) is 9.59 Å². The molecule has 0 aliphatic heterocycles. The Kier molecular flexibility index (Phi) is 4.61. The van der Waals surface area contributed by atoms with Gasteiger partial charge in [0.1, 0.15) is 11.7 Å². The van der Waals surface area contributed by atoms with Crippen molar-refractivity contribution in [3.05, 3.63) is 0 Å². The third-order valence-electron chi connectivity index (χ3n) is 9.62. The van der Waals surface area contributed by atoms with Crippen molar-refractivity contribution in [1.82, 2.24) is 0 Å². The molecule has 5 fully saturated rings. The summed E-state index contributed by atoms with van der Waals surface area (Å²) in [7, 11) is 0. The first kappa shape index (κ1) is 19.9. The quantitative estimate of drug-likeness (QED) is 0.633. The van der Waals surface area contributed by atoms with E-state index in [4.69, 9.17) is 9.47 Å². The molecule has 0 heterocycles. The highest BCUT2D eigenvalue weighted by atomic mass is 16.6. The molecule has 0 spiro atoms. The molecule has 0 saturated heterocycles. The lowest BCUT2D eigenvalue weighted by Gasteiger charge is -2.38. The maximum Gasteiger partial charge on any atom is 0.310 e. The second-order valence-electron chi connectivity index (χ2n) is 12.0. The average molecular weight is 403 g/mol. The van der Waals surface area contributed by atoms with Gasteiger partial charge in [0.25, 0.3) is 0 Å². The predicted octanol–water partition coefficient (Wildman–Crippen LogP) is 4.85. The summed E-state index contributed by atoms with van der Waals surface area (Å²) in [5.41, 5.74) is -0.523. The van der Waals surface area contributed by atoms with Crippen LogP contribution in [0.3, 0.4) is 0 Å². The van der Waals surface area contributed by atoms with E-state index in [1.807, 2.05) is 20.8 Å². The van der Waals surface area contributed by atoms with Crippen LogP contribution >= 0.6 is 0 Å². The molecule has 0 amide bonds. The van der Waals surface area contributed by atoms with Gasteiger partial charge >= 0.3 is 11.9 Å². The molecule has 0 N–H and O–H groups in total. The second-order valence-corrected chi connectivity index (χ2v) is 12.0. The average Bonchev–Trinajstić information content (AvgIpc) is 3.38. The van der Waals surface area contributed by atoms with E-state index in [1.54, 1.807) is 0 Å². The minimum Gasteiger partial charge on any atom is -0.462 e. The summed E-state index contributed by atoms with van der Waals surface area (Å²) in [5, 5.41) is 0. The van der Waals surface area contributed by atoms with Crippen LogP contribution in [0.2, 0.25) is 0 Å². The molecule has 4 bridgehead atoms. The number of rotatable bonds is 3. The Morgan fingerprint density at radius 1 is 0.759 bits per heavy atom. The number of esters is 2. The zero-order valence-corrected chi connectivity index (χ0v) is 18.7. The van der Waals surface area contributed by atoms with Gasteiger partial charge in [-0.3, -0.25) is 9.59 Å². The maximum absolute atomic E-state index is 13.5. The van der Waals surface area contributed by atoms with Crippen molar-refractivity contribution in [2.45, 2.75) is 84.8 Å². The fourth-order valence-corrected chi connectivity index (χ4v) is 8.38. The van der Waals surface area contributed by atoms with Gasteiger partial charge in [-0.15, -0.1) is 0 Å². The summed E-state index contributed by atoms with van der Waals surface area (Å²) < 4.78 is 12.0. The molecule has 162 valence electrons. The Morgan fingerprint density at radius 2 is 1.38 bits per heavy atom. The topological polar surface area (TPSA) is 52.6 Å². The molecule has 5 aliphatic rings. The van der Waals surface area contributed by atoms with Crippen LogP contribution in [-0.2, 0) is 19.1 Å². The van der Waals surface area contributed by atoms with Gasteiger partial charge in [0, 0.05) is 0 Å². The predicted molar refractivity (Wildman–Crippen MR) is 110 cm³/mol. The van der Waals surface area contributed by atoms with Crippen LogP contribution in [0.1, 0.15) is 73.1 Å². The highest BCUT2D eigenvalue weighted by Gasteiger charge is 2.62. The van der Waals surface area contributed by atoms with E-state index in [0.29, 0.717) is 17.8 Å². The van der Waals surface area contributed by atoms with Crippen molar-refractivity contribution in [1.29, 1.82) is 0 Å². The Balaban J connectivity index is 1.33. The van der Waals surface area contributed by atoms with Gasteiger partial charge in [0.15, 0.2) is 0 Å². The molecule has 5 rings (SSSR count). The van der Waals surface area contributed by atoms with Gasteiger partial charge in [-0.1, -0.05) is 20.3 Å². The smallest absolute Gasteiger partial charge is 0.310 e. The molecule has 0 aromatic rings. The van der Waals surface area contributed by atoms with Crippen LogP contribution in [0.4, 0.5) is 0 Å². The first-order valence-corrected chi connectivity index (χ1v) is 12.1. The first-order chi connectivity index (χ1) is 13.7. The molecule has 4 heteroatoms. The van der Waals surface area contributed by atoms with Crippen molar-refractivity contribution in [3.63, 3.8) is 0 Å². The Morgan fingerprint density at radius 3 is 2.03 bits per heavy atom. The van der Waals surface area contributed by atoms with Gasteiger partial charge in [-0.25, -0.2) is 0 Å². The van der Waals surface area contributed by atoms with E-state index in [2.05, 4.69) is 13.8 Å². The summed E-state index contributed by atoms with van der Waals surface area (Å²) >= 11 is 0. The second kappa shape index (κ2) is 6.72. The third-order valence-corrected chi connectivity index (χ3v) is 9.62. The SMILES string of the molecule is CC1C(C)C2CC1C(C(=O)OC1CC3CC1C1CCCC31)C2C(=O)OC(C)(C)C. The van der Waals surface area contributed by atoms with E-state index < -0.39 is 5.60 Å². The van der Waals surface area contributed by atoms with Gasteiger partial charge < -0.3 is 9.47 Å². The molecule has 0 radical (unpaired) electrons. The molecule has 5 saturated carbocycles. The van der Waals surface area contributed by atoms with Crippen LogP contribution in [0.25, 0.3) is 0 Å². The van der Waals surface area contributed by atoms with E-state index in [-0.39, 0.29) is 41.7 Å². The largest absolute Gasteiger partial charge is 0.462 e. The van der Waals surface area contributed by atoms with Gasteiger partial charge in [0.2, 0.25) is 0 Å². The number of hydrogen-bond acceptors (Lipinski definition) is 4. The van der Waals surface area contributed by atoms with Gasteiger partial charge in [-0.05, 0) is 100 Å². The van der Waals surface area contributed by atoms with Crippen LogP contribution in [0.5, 0.6) is 0 Å². The number of fused-ring (bicyclic) bond motifs is 7. The minimum atomic E-state index is -0.523. The van der Waals surface area contributed by atoms with Crippen LogP contribution in [0.15, 0.2) is 0 Å². The molecule has 0 aromatic carbocycles. The molecule has 0 aromatic heterocycles. The molecular formula is C25H38O4. The molecule has 29 heavy (non-hydrogen) atoms. The lowest BCUT2D eigenvalue weighted by Crippen LogP contribution is -2.45. The fourth-order valence-electron chi connectivity index (χ4n) is 8.38. The first-order valence-electron chi connectivity index (χ1n) is 12.1. The third kappa shape index (κ3) is 3.07. The lowest BCUT2D eigenvalue weighted by atomic mass is 9.69. The van der Waals surface area contributed by atoms with Crippen molar-refractivity contribution in [2.75, 3.05) is 0 Å². The number of carbonyl (C=O) groups is 2. The van der Waals surface area contributed by atoms with Crippen molar-refractivity contribution in [3.8, 4) is 0 Å². The summed E-state index contributed by atoms with van der Waals surface area (Å²) in [6, 6.07) is 0. The van der Waals surface area contributed by atoms with Crippen molar-refractivity contribution >= 4 is 11.9 Å². The zero-order chi connectivity index (χ0) is 20.7. The summed E-state index contributed by atoms with van der Waals surface area (Å²) in [4.78, 5) is 26.6. The monoisotopic (exact) mass is 402 g/mol. The van der Waals surface area contributed by atoms with Gasteiger partial charge in [0.05, 0.1) is 11.8 Å². The molecule has 4 nitrogen and oxygen atoms in total. The van der Waals surface area contributed by atoms with E-state index >= 15 is 0 Å². The summed E-state index contributed by atoms with van der Waals surface area (Å²) in [5.74, 6) is 3.56. The van der Waals surface area contributed by atoms with Gasteiger partial charge in [-0.2, -0.15) is 0 Å². The highest BCUT2D eigenvalue weighted by Crippen LogP contribution is 2.61. The Hall–Kier alpha value is -1.06. The lowest BCUT2D eigenvalue weighted by molar-refractivity contribution is -0.177. The fraction of sp³-hybridized carbons (Fsp3) is 0.920. The Labute approximate surface area is 175 Å². The summed E-state index contributed by atoms with van der Waals surface area (Å²) in [6.45, 7) is 10.2. The molecule has 11 unspecified atom stereocenters. The van der Waals surface area contributed by atoms with E-state index in [0.717, 1.165) is 30.6 Å². The van der Waals surface area contributed by atoms with Crippen LogP contribution < -0.4 is 0 Å². The summed E-state index contributed by atoms with van der Waals surface area (Å²) in [6.07, 6.45) is 7.43.